The highest BCUT2D eigenvalue weighted by Gasteiger charge is 2.38. The van der Waals surface area contributed by atoms with E-state index in [0.29, 0.717) is 0 Å². The summed E-state index contributed by atoms with van der Waals surface area (Å²) >= 11 is 0. The average Bonchev–Trinajstić information content (AvgIpc) is 3.44. The van der Waals surface area contributed by atoms with E-state index >= 15 is 0 Å². The number of rotatable bonds is 3. The van der Waals surface area contributed by atoms with Crippen molar-refractivity contribution in [2.45, 2.75) is 51.4 Å². The summed E-state index contributed by atoms with van der Waals surface area (Å²) in [6, 6.07) is 47.5. The fraction of sp³-hybridized carbons (Fsp3) is 0.167. The molecule has 50 heavy (non-hydrogen) atoms. The number of ether oxygens (including phenoxy) is 1. The minimum absolute atomic E-state index is 0.104. The normalized spacial score (nSPS) is 16.6. The molecule has 6 aromatic rings. The minimum Gasteiger partial charge on any atom is -0.456 e. The molecule has 0 atom stereocenters. The molecular weight excluding hydrogens is 607 g/mol. The largest absolute Gasteiger partial charge is 0.456 e. The van der Waals surface area contributed by atoms with Gasteiger partial charge in [-0.05, 0) is 117 Å². The van der Waals surface area contributed by atoms with E-state index in [-0.39, 0.29) is 10.8 Å². The maximum atomic E-state index is 6.71. The number of benzene rings is 6. The first-order valence-electron chi connectivity index (χ1n) is 17.9. The lowest BCUT2D eigenvalue weighted by Crippen LogP contribution is -2.18. The second kappa shape index (κ2) is 10.5. The van der Waals surface area contributed by atoms with Crippen LogP contribution in [0.2, 0.25) is 0 Å². The number of nitrogens with zero attached hydrogens (tertiary/aromatic N) is 1. The van der Waals surface area contributed by atoms with E-state index in [4.69, 9.17) is 4.74 Å². The Labute approximate surface area is 295 Å². The molecule has 0 fully saturated rings. The minimum atomic E-state index is -0.104. The molecular formula is C48H39NO. The Hall–Kier alpha value is -5.60. The van der Waals surface area contributed by atoms with Gasteiger partial charge in [-0.2, -0.15) is 0 Å². The lowest BCUT2D eigenvalue weighted by atomic mass is 9.82. The van der Waals surface area contributed by atoms with Crippen molar-refractivity contribution < 1.29 is 4.74 Å². The highest BCUT2D eigenvalue weighted by atomic mass is 16.5. The van der Waals surface area contributed by atoms with Crippen molar-refractivity contribution in [3.63, 3.8) is 0 Å². The monoisotopic (exact) mass is 645 g/mol. The van der Waals surface area contributed by atoms with Crippen molar-refractivity contribution in [3.05, 3.63) is 173 Å². The third-order valence-corrected chi connectivity index (χ3v) is 11.7. The van der Waals surface area contributed by atoms with Crippen LogP contribution in [0.1, 0.15) is 68.4 Å². The third kappa shape index (κ3) is 4.08. The highest BCUT2D eigenvalue weighted by molar-refractivity contribution is 5.94. The summed E-state index contributed by atoms with van der Waals surface area (Å²) < 4.78 is 6.71. The Kier molecular flexibility index (Phi) is 6.13. The van der Waals surface area contributed by atoms with Crippen molar-refractivity contribution in [1.82, 2.24) is 0 Å². The van der Waals surface area contributed by atoms with Gasteiger partial charge in [0.2, 0.25) is 0 Å². The molecule has 3 aliphatic carbocycles. The summed E-state index contributed by atoms with van der Waals surface area (Å²) in [5.41, 5.74) is 18.8. The van der Waals surface area contributed by atoms with Gasteiger partial charge in [-0.15, -0.1) is 0 Å². The Morgan fingerprint density at radius 2 is 0.920 bits per heavy atom. The molecule has 6 aromatic carbocycles. The number of allylic oxidation sites excluding steroid dienone is 3. The fourth-order valence-electron chi connectivity index (χ4n) is 9.13. The Bertz CT molecular complexity index is 2370. The number of anilines is 3. The summed E-state index contributed by atoms with van der Waals surface area (Å²) in [6.07, 6.45) is 6.61. The molecule has 0 bridgehead atoms. The van der Waals surface area contributed by atoms with E-state index in [0.717, 1.165) is 47.0 Å². The van der Waals surface area contributed by atoms with Crippen LogP contribution in [0.5, 0.6) is 5.75 Å². The van der Waals surface area contributed by atoms with Gasteiger partial charge in [-0.25, -0.2) is 0 Å². The molecule has 2 heteroatoms. The summed E-state index contributed by atoms with van der Waals surface area (Å²) in [5, 5.41) is 0. The smallest absolute Gasteiger partial charge is 0.135 e. The molecule has 1 heterocycles. The van der Waals surface area contributed by atoms with Crippen LogP contribution in [0.4, 0.5) is 17.1 Å². The van der Waals surface area contributed by atoms with E-state index in [9.17, 15) is 0 Å². The summed E-state index contributed by atoms with van der Waals surface area (Å²) in [7, 11) is 0. The summed E-state index contributed by atoms with van der Waals surface area (Å²) in [5.74, 6) is 1.86. The predicted molar refractivity (Wildman–Crippen MR) is 208 cm³/mol. The van der Waals surface area contributed by atoms with E-state index in [2.05, 4.69) is 172 Å². The zero-order valence-electron chi connectivity index (χ0n) is 29.0. The van der Waals surface area contributed by atoms with Gasteiger partial charge in [0.05, 0.1) is 0 Å². The van der Waals surface area contributed by atoms with Gasteiger partial charge in [-0.1, -0.05) is 119 Å². The maximum absolute atomic E-state index is 6.71. The standard InChI is InChI=1S/C48H39NO/c1-47(2)41-18-10-7-15-35(41)37-24-21-31(28-43(37)47)49(32-22-25-38-36-16-8-11-19-42(36)48(3,4)44(38)29-32)30-23-26-46-40(27-30)34-14-6-5-13-33(34)39-17-9-12-20-45(39)50-46/h5-8,10-11,13-29H,9,12H2,1-4H3. The molecule has 0 saturated heterocycles. The average molecular weight is 646 g/mol. The van der Waals surface area contributed by atoms with Gasteiger partial charge < -0.3 is 9.64 Å². The van der Waals surface area contributed by atoms with Crippen LogP contribution in [0.3, 0.4) is 0 Å². The number of hydrogen-bond acceptors (Lipinski definition) is 2. The molecule has 0 spiro atoms. The van der Waals surface area contributed by atoms with Crippen LogP contribution in [0.15, 0.2) is 145 Å². The second-order valence-electron chi connectivity index (χ2n) is 15.2. The number of fused-ring (bicyclic) bond motifs is 11. The molecule has 0 radical (unpaired) electrons. The van der Waals surface area contributed by atoms with Crippen LogP contribution < -0.4 is 9.64 Å². The first kappa shape index (κ1) is 29.3. The third-order valence-electron chi connectivity index (χ3n) is 11.7. The fourth-order valence-corrected chi connectivity index (χ4v) is 9.13. The molecule has 2 nitrogen and oxygen atoms in total. The van der Waals surface area contributed by atoms with Gasteiger partial charge in [0.1, 0.15) is 11.5 Å². The molecule has 4 aliphatic rings. The highest BCUT2D eigenvalue weighted by Crippen LogP contribution is 2.54. The van der Waals surface area contributed by atoms with Crippen LogP contribution >= 0.6 is 0 Å². The predicted octanol–water partition coefficient (Wildman–Crippen LogP) is 12.9. The lowest BCUT2D eigenvalue weighted by Gasteiger charge is -2.30. The van der Waals surface area contributed by atoms with Gasteiger partial charge in [0.25, 0.3) is 0 Å². The van der Waals surface area contributed by atoms with Crippen LogP contribution in [-0.4, -0.2) is 0 Å². The molecule has 0 amide bonds. The Balaban J connectivity index is 1.19. The van der Waals surface area contributed by atoms with Gasteiger partial charge in [-0.3, -0.25) is 0 Å². The Morgan fingerprint density at radius 3 is 1.54 bits per heavy atom. The van der Waals surface area contributed by atoms with E-state index in [1.165, 1.54) is 61.2 Å². The zero-order valence-corrected chi connectivity index (χ0v) is 29.0. The van der Waals surface area contributed by atoms with Crippen LogP contribution in [0, 0.1) is 0 Å². The van der Waals surface area contributed by atoms with Crippen LogP contribution in [0.25, 0.3) is 39.0 Å². The van der Waals surface area contributed by atoms with Crippen molar-refractivity contribution in [2.75, 3.05) is 4.90 Å². The van der Waals surface area contributed by atoms with Crippen molar-refractivity contribution in [2.24, 2.45) is 0 Å². The zero-order chi connectivity index (χ0) is 33.8. The summed E-state index contributed by atoms with van der Waals surface area (Å²) in [6.45, 7) is 9.45. The SMILES string of the molecule is CC1(C)c2ccccc2-c2ccc(N(c3ccc4c(c3)-c3ccccc3C3=CCCC=C3O4)c3ccc4c(c3)C(C)(C)c3ccccc3-4)cc21. The van der Waals surface area contributed by atoms with Crippen LogP contribution in [-0.2, 0) is 10.8 Å². The van der Waals surface area contributed by atoms with Gasteiger partial charge >= 0.3 is 0 Å². The molecule has 242 valence electrons. The van der Waals surface area contributed by atoms with E-state index < -0.39 is 0 Å². The van der Waals surface area contributed by atoms with E-state index in [1.54, 1.807) is 0 Å². The molecule has 0 saturated carbocycles. The van der Waals surface area contributed by atoms with Crippen molar-refractivity contribution >= 4 is 22.6 Å². The first-order valence-corrected chi connectivity index (χ1v) is 17.9. The molecule has 0 aromatic heterocycles. The Morgan fingerprint density at radius 1 is 0.440 bits per heavy atom. The maximum Gasteiger partial charge on any atom is 0.135 e. The second-order valence-corrected chi connectivity index (χ2v) is 15.2. The van der Waals surface area contributed by atoms with E-state index in [1.807, 2.05) is 0 Å². The van der Waals surface area contributed by atoms with Crippen molar-refractivity contribution in [3.8, 4) is 39.1 Å². The van der Waals surface area contributed by atoms with Gasteiger partial charge in [0.15, 0.2) is 0 Å². The molecule has 10 rings (SSSR count). The molecule has 0 unspecified atom stereocenters. The quantitative estimate of drug-likeness (QED) is 0.190. The molecule has 0 N–H and O–H groups in total. The molecule has 1 aliphatic heterocycles. The first-order chi connectivity index (χ1) is 24.3. The lowest BCUT2D eigenvalue weighted by molar-refractivity contribution is 0.448. The number of hydrogen-bond donors (Lipinski definition) is 0. The van der Waals surface area contributed by atoms with Crippen molar-refractivity contribution in [1.29, 1.82) is 0 Å². The summed E-state index contributed by atoms with van der Waals surface area (Å²) in [4.78, 5) is 2.46. The van der Waals surface area contributed by atoms with Gasteiger partial charge in [0, 0.05) is 39.0 Å². The topological polar surface area (TPSA) is 12.5 Å².